The lowest BCUT2D eigenvalue weighted by Gasteiger charge is -2.31. The van der Waals surface area contributed by atoms with Gasteiger partial charge >= 0.3 is 0 Å². The summed E-state index contributed by atoms with van der Waals surface area (Å²) in [5.41, 5.74) is 5.73. The minimum atomic E-state index is -0.435. The van der Waals surface area contributed by atoms with E-state index in [-0.39, 0.29) is 17.9 Å². The molecule has 78 valence electrons. The summed E-state index contributed by atoms with van der Waals surface area (Å²) >= 11 is 0. The summed E-state index contributed by atoms with van der Waals surface area (Å²) in [6.07, 6.45) is 2.03. The number of carbonyl (C=O) groups excluding carboxylic acids is 2. The van der Waals surface area contributed by atoms with Crippen LogP contribution >= 0.6 is 0 Å². The van der Waals surface area contributed by atoms with Crippen molar-refractivity contribution in [1.29, 1.82) is 0 Å². The maximum Gasteiger partial charge on any atom is 0.246 e. The van der Waals surface area contributed by atoms with Crippen LogP contribution in [-0.2, 0) is 9.59 Å². The van der Waals surface area contributed by atoms with Gasteiger partial charge in [0.15, 0.2) is 0 Å². The molecule has 1 atom stereocenters. The summed E-state index contributed by atoms with van der Waals surface area (Å²) in [4.78, 5) is 24.2. The molecule has 0 aromatic rings. The van der Waals surface area contributed by atoms with Gasteiger partial charge in [-0.05, 0) is 20.3 Å². The van der Waals surface area contributed by atoms with Gasteiger partial charge in [-0.1, -0.05) is 6.92 Å². The highest BCUT2D eigenvalue weighted by molar-refractivity contribution is 5.95. The molecule has 1 aliphatic heterocycles. The van der Waals surface area contributed by atoms with E-state index in [1.807, 2.05) is 20.8 Å². The second-order valence-electron chi connectivity index (χ2n) is 3.96. The second-order valence-corrected chi connectivity index (χ2v) is 3.96. The SMILES string of the molecule is CC1CC(C(N)=O)=CN(C(C)C)C1=O. The smallest absolute Gasteiger partial charge is 0.246 e. The normalized spacial score (nSPS) is 22.6. The van der Waals surface area contributed by atoms with Crippen LogP contribution in [0.2, 0.25) is 0 Å². The van der Waals surface area contributed by atoms with Crippen molar-refractivity contribution < 1.29 is 9.59 Å². The van der Waals surface area contributed by atoms with Crippen LogP contribution in [0.1, 0.15) is 27.2 Å². The number of carbonyl (C=O) groups is 2. The van der Waals surface area contributed by atoms with Crippen LogP contribution in [0.15, 0.2) is 11.8 Å². The Labute approximate surface area is 83.8 Å². The Kier molecular flexibility index (Phi) is 2.93. The molecule has 1 aliphatic rings. The third-order valence-electron chi connectivity index (χ3n) is 2.37. The maximum atomic E-state index is 11.7. The monoisotopic (exact) mass is 196 g/mol. The molecule has 0 aromatic heterocycles. The quantitative estimate of drug-likeness (QED) is 0.704. The molecule has 1 heterocycles. The van der Waals surface area contributed by atoms with Gasteiger partial charge in [0.2, 0.25) is 11.8 Å². The van der Waals surface area contributed by atoms with Crippen molar-refractivity contribution in [3.8, 4) is 0 Å². The summed E-state index contributed by atoms with van der Waals surface area (Å²) in [6.45, 7) is 5.63. The molecule has 0 fully saturated rings. The zero-order valence-electron chi connectivity index (χ0n) is 8.78. The van der Waals surface area contributed by atoms with Crippen molar-refractivity contribution in [3.63, 3.8) is 0 Å². The average molecular weight is 196 g/mol. The molecule has 1 rings (SSSR count). The first-order valence-corrected chi connectivity index (χ1v) is 4.76. The Morgan fingerprint density at radius 2 is 2.21 bits per heavy atom. The van der Waals surface area contributed by atoms with Crippen LogP contribution in [0.3, 0.4) is 0 Å². The lowest BCUT2D eigenvalue weighted by Crippen LogP contribution is -2.41. The Hall–Kier alpha value is -1.32. The third kappa shape index (κ3) is 1.95. The number of amides is 2. The number of hydrogen-bond donors (Lipinski definition) is 1. The maximum absolute atomic E-state index is 11.7. The highest BCUT2D eigenvalue weighted by atomic mass is 16.2. The van der Waals surface area contributed by atoms with Crippen molar-refractivity contribution >= 4 is 11.8 Å². The average Bonchev–Trinajstić information content (AvgIpc) is 2.08. The molecule has 4 nitrogen and oxygen atoms in total. The zero-order valence-corrected chi connectivity index (χ0v) is 8.78. The minimum absolute atomic E-state index is 0.0602. The van der Waals surface area contributed by atoms with Gasteiger partial charge in [-0.2, -0.15) is 0 Å². The molecule has 0 saturated carbocycles. The molecule has 0 aromatic carbocycles. The van der Waals surface area contributed by atoms with Crippen molar-refractivity contribution in [2.75, 3.05) is 0 Å². The summed E-state index contributed by atoms with van der Waals surface area (Å²) in [6, 6.07) is 0.0691. The number of hydrogen-bond acceptors (Lipinski definition) is 2. The largest absolute Gasteiger partial charge is 0.366 e. The third-order valence-corrected chi connectivity index (χ3v) is 2.37. The Balaban J connectivity index is 2.98. The Bertz CT molecular complexity index is 294. The molecular weight excluding hydrogens is 180 g/mol. The van der Waals surface area contributed by atoms with E-state index in [4.69, 9.17) is 5.73 Å². The standard InChI is InChI=1S/C10H16N2O2/c1-6(2)12-5-8(9(11)13)4-7(3)10(12)14/h5-7H,4H2,1-3H3,(H2,11,13). The molecule has 14 heavy (non-hydrogen) atoms. The number of nitrogens with zero attached hydrogens (tertiary/aromatic N) is 1. The lowest BCUT2D eigenvalue weighted by atomic mass is 9.95. The molecule has 1 unspecified atom stereocenters. The van der Waals surface area contributed by atoms with Gasteiger partial charge in [0.05, 0.1) is 0 Å². The second kappa shape index (κ2) is 3.82. The van der Waals surface area contributed by atoms with E-state index < -0.39 is 5.91 Å². The predicted octanol–water partition coefficient (Wildman–Crippen LogP) is 0.632. The van der Waals surface area contributed by atoms with Crippen LogP contribution < -0.4 is 5.73 Å². The summed E-state index contributed by atoms with van der Waals surface area (Å²) in [5.74, 6) is -0.523. The van der Waals surface area contributed by atoms with Crippen molar-refractivity contribution in [1.82, 2.24) is 4.90 Å². The molecule has 2 amide bonds. The molecule has 0 aliphatic carbocycles. The summed E-state index contributed by atoms with van der Waals surface area (Å²) in [7, 11) is 0. The fraction of sp³-hybridized carbons (Fsp3) is 0.600. The van der Waals surface area contributed by atoms with E-state index in [2.05, 4.69) is 0 Å². The fourth-order valence-corrected chi connectivity index (χ4v) is 1.52. The minimum Gasteiger partial charge on any atom is -0.366 e. The van der Waals surface area contributed by atoms with Gasteiger partial charge in [0.1, 0.15) is 0 Å². The van der Waals surface area contributed by atoms with Gasteiger partial charge in [0.25, 0.3) is 0 Å². The highest BCUT2D eigenvalue weighted by Crippen LogP contribution is 2.22. The van der Waals surface area contributed by atoms with Crippen LogP contribution in [0.5, 0.6) is 0 Å². The van der Waals surface area contributed by atoms with E-state index >= 15 is 0 Å². The molecular formula is C10H16N2O2. The van der Waals surface area contributed by atoms with E-state index in [0.717, 1.165) is 0 Å². The Morgan fingerprint density at radius 1 is 1.64 bits per heavy atom. The van der Waals surface area contributed by atoms with Crippen LogP contribution in [-0.4, -0.2) is 22.8 Å². The van der Waals surface area contributed by atoms with E-state index in [9.17, 15) is 9.59 Å². The van der Waals surface area contributed by atoms with E-state index in [1.54, 1.807) is 11.1 Å². The van der Waals surface area contributed by atoms with Gasteiger partial charge in [-0.15, -0.1) is 0 Å². The van der Waals surface area contributed by atoms with Crippen molar-refractivity contribution in [2.45, 2.75) is 33.2 Å². The number of nitrogens with two attached hydrogens (primary N) is 1. The predicted molar refractivity (Wildman–Crippen MR) is 53.0 cm³/mol. The van der Waals surface area contributed by atoms with E-state index in [1.165, 1.54) is 0 Å². The van der Waals surface area contributed by atoms with Gasteiger partial charge in [0, 0.05) is 23.7 Å². The highest BCUT2D eigenvalue weighted by Gasteiger charge is 2.28. The number of rotatable bonds is 2. The van der Waals surface area contributed by atoms with Gasteiger partial charge in [-0.25, -0.2) is 0 Å². The van der Waals surface area contributed by atoms with Gasteiger partial charge < -0.3 is 10.6 Å². The molecule has 0 bridgehead atoms. The van der Waals surface area contributed by atoms with Crippen molar-refractivity contribution in [2.24, 2.45) is 11.7 Å². The molecule has 0 spiro atoms. The summed E-state index contributed by atoms with van der Waals surface area (Å²) in [5, 5.41) is 0. The van der Waals surface area contributed by atoms with Crippen LogP contribution in [0, 0.1) is 5.92 Å². The Morgan fingerprint density at radius 3 is 2.64 bits per heavy atom. The van der Waals surface area contributed by atoms with Gasteiger partial charge in [-0.3, -0.25) is 9.59 Å². The summed E-state index contributed by atoms with van der Waals surface area (Å²) < 4.78 is 0. The van der Waals surface area contributed by atoms with E-state index in [0.29, 0.717) is 12.0 Å². The first-order chi connectivity index (χ1) is 6.43. The zero-order chi connectivity index (χ0) is 10.9. The topological polar surface area (TPSA) is 63.4 Å². The molecule has 0 saturated heterocycles. The molecule has 4 heteroatoms. The molecule has 2 N–H and O–H groups in total. The first kappa shape index (κ1) is 10.8. The van der Waals surface area contributed by atoms with Crippen LogP contribution in [0.25, 0.3) is 0 Å². The number of primary amides is 1. The molecule has 0 radical (unpaired) electrons. The van der Waals surface area contributed by atoms with Crippen LogP contribution in [0.4, 0.5) is 0 Å². The first-order valence-electron chi connectivity index (χ1n) is 4.76. The lowest BCUT2D eigenvalue weighted by molar-refractivity contribution is -0.134. The fourth-order valence-electron chi connectivity index (χ4n) is 1.52. The van der Waals surface area contributed by atoms with Crippen molar-refractivity contribution in [3.05, 3.63) is 11.8 Å².